The summed E-state index contributed by atoms with van der Waals surface area (Å²) in [7, 11) is 0. The summed E-state index contributed by atoms with van der Waals surface area (Å²) < 4.78 is 0. The van der Waals surface area contributed by atoms with Crippen molar-refractivity contribution in [2.24, 2.45) is 0 Å². The van der Waals surface area contributed by atoms with E-state index in [9.17, 15) is 0 Å². The molecule has 0 radical (unpaired) electrons. The van der Waals surface area contributed by atoms with Gasteiger partial charge >= 0.3 is 0 Å². The van der Waals surface area contributed by atoms with E-state index in [1.54, 1.807) is 0 Å². The molecular weight excluding hydrogens is 867 g/mol. The van der Waals surface area contributed by atoms with Gasteiger partial charge in [0.15, 0.2) is 0 Å². The molecule has 11 aromatic rings. The summed E-state index contributed by atoms with van der Waals surface area (Å²) >= 11 is 0. The fraction of sp³-hybridized carbons (Fsp3) is 0.0704. The van der Waals surface area contributed by atoms with Crippen molar-refractivity contribution in [2.75, 3.05) is 4.90 Å². The highest BCUT2D eigenvalue weighted by Crippen LogP contribution is 2.70. The fourth-order valence-electron chi connectivity index (χ4n) is 14.7. The van der Waals surface area contributed by atoms with Gasteiger partial charge in [-0.25, -0.2) is 0 Å². The molecule has 72 heavy (non-hydrogen) atoms. The minimum Gasteiger partial charge on any atom is -0.310 e. The molecule has 2 spiro atoms. The van der Waals surface area contributed by atoms with Crippen LogP contribution in [0.15, 0.2) is 249 Å². The molecule has 5 aliphatic rings. The van der Waals surface area contributed by atoms with Crippen LogP contribution in [0, 0.1) is 0 Å². The zero-order chi connectivity index (χ0) is 47.5. The molecule has 0 unspecified atom stereocenters. The van der Waals surface area contributed by atoms with Gasteiger partial charge in [0.25, 0.3) is 0 Å². The fourth-order valence-corrected chi connectivity index (χ4v) is 14.7. The quantitative estimate of drug-likeness (QED) is 0.170. The monoisotopic (exact) mass is 913 g/mol. The van der Waals surface area contributed by atoms with E-state index in [4.69, 9.17) is 0 Å². The van der Waals surface area contributed by atoms with E-state index in [-0.39, 0.29) is 5.41 Å². The second kappa shape index (κ2) is 14.2. The van der Waals surface area contributed by atoms with Crippen LogP contribution in [-0.4, -0.2) is 0 Å². The minimum absolute atomic E-state index is 0.143. The van der Waals surface area contributed by atoms with Crippen LogP contribution >= 0.6 is 0 Å². The Labute approximate surface area is 421 Å². The predicted molar refractivity (Wildman–Crippen MR) is 297 cm³/mol. The molecule has 0 bridgehead atoms. The lowest BCUT2D eigenvalue weighted by molar-refractivity contribution is 0.660. The molecule has 0 heterocycles. The van der Waals surface area contributed by atoms with Crippen LogP contribution in [-0.2, 0) is 16.2 Å². The highest BCUT2D eigenvalue weighted by atomic mass is 15.1. The van der Waals surface area contributed by atoms with Crippen LogP contribution in [0.5, 0.6) is 0 Å². The van der Waals surface area contributed by atoms with E-state index < -0.39 is 10.8 Å². The SMILES string of the molecule is CC1(C)c2ccccc2-c2ccc(N(c3ccccc3)c3ccc4c(c3)C3(c5ccccc5-c5ccccc53)c3cc5c(c(-c6ccccc6)c3-4)-c3ccccc3C53c4ccccc4-c4ccccc43)cc21. The molecule has 0 fully saturated rings. The van der Waals surface area contributed by atoms with Crippen molar-refractivity contribution >= 4 is 17.1 Å². The van der Waals surface area contributed by atoms with Gasteiger partial charge < -0.3 is 4.90 Å². The normalized spacial score (nSPS) is 15.1. The van der Waals surface area contributed by atoms with Gasteiger partial charge in [0.1, 0.15) is 0 Å². The lowest BCUT2D eigenvalue weighted by Gasteiger charge is -2.35. The van der Waals surface area contributed by atoms with Crippen LogP contribution in [0.3, 0.4) is 0 Å². The molecule has 336 valence electrons. The molecule has 1 nitrogen and oxygen atoms in total. The number of hydrogen-bond acceptors (Lipinski definition) is 1. The van der Waals surface area contributed by atoms with Crippen molar-refractivity contribution in [2.45, 2.75) is 30.1 Å². The summed E-state index contributed by atoms with van der Waals surface area (Å²) in [5, 5.41) is 0. The number of fused-ring (bicyclic) bond motifs is 23. The first-order valence-corrected chi connectivity index (χ1v) is 25.5. The molecule has 0 atom stereocenters. The highest BCUT2D eigenvalue weighted by molar-refractivity contribution is 6.09. The predicted octanol–water partition coefficient (Wildman–Crippen LogP) is 17.8. The van der Waals surface area contributed by atoms with Crippen molar-refractivity contribution in [3.05, 3.63) is 304 Å². The first kappa shape index (κ1) is 40.0. The summed E-state index contributed by atoms with van der Waals surface area (Å²) in [4.78, 5) is 2.50. The maximum absolute atomic E-state index is 2.70. The second-order valence-electron chi connectivity index (χ2n) is 21.0. The number of hydrogen-bond donors (Lipinski definition) is 0. The summed E-state index contributed by atoms with van der Waals surface area (Å²) in [6.45, 7) is 4.76. The number of rotatable bonds is 4. The number of nitrogens with zero attached hydrogens (tertiary/aromatic N) is 1. The Morgan fingerprint density at radius 2 is 0.583 bits per heavy atom. The Morgan fingerprint density at radius 3 is 1.10 bits per heavy atom. The van der Waals surface area contributed by atoms with Crippen LogP contribution in [0.1, 0.15) is 69.5 Å². The Morgan fingerprint density at radius 1 is 0.236 bits per heavy atom. The maximum Gasteiger partial charge on any atom is 0.0726 e. The Bertz CT molecular complexity index is 4040. The third-order valence-corrected chi connectivity index (χ3v) is 17.5. The molecule has 0 saturated heterocycles. The number of para-hydroxylation sites is 1. The van der Waals surface area contributed by atoms with Crippen molar-refractivity contribution in [3.63, 3.8) is 0 Å². The van der Waals surface area contributed by atoms with Crippen LogP contribution in [0.2, 0.25) is 0 Å². The third kappa shape index (κ3) is 4.79. The van der Waals surface area contributed by atoms with Crippen LogP contribution < -0.4 is 4.90 Å². The molecule has 0 aliphatic heterocycles. The second-order valence-corrected chi connectivity index (χ2v) is 21.0. The molecule has 16 rings (SSSR count). The van der Waals surface area contributed by atoms with E-state index in [2.05, 4.69) is 267 Å². The van der Waals surface area contributed by atoms with Crippen molar-refractivity contribution in [3.8, 4) is 66.8 Å². The number of anilines is 3. The van der Waals surface area contributed by atoms with Gasteiger partial charge in [0.05, 0.1) is 10.8 Å². The molecule has 0 N–H and O–H groups in total. The Balaban J connectivity index is 1.04. The standard InChI is InChI=1S/C71H47N/c1-69(2)56-31-15-9-25-48(56)53-39-37-46(41-62(53)69)72(45-23-7-4-8-24-45)47-38-40-55-63(42-47)71(59-34-18-12-28-51(59)52-29-13-19-35-60(52)71)65-43-64-67(66(68(55)65)44-21-5-3-6-22-44)54-30-14-20-36-61(54)70(64)57-32-16-10-26-49(57)50-27-11-17-33-58(50)70/h3-43H,1-2H3. The van der Waals surface area contributed by atoms with Gasteiger partial charge in [0, 0.05) is 22.5 Å². The topological polar surface area (TPSA) is 3.24 Å². The zero-order valence-corrected chi connectivity index (χ0v) is 40.1. The largest absolute Gasteiger partial charge is 0.310 e. The van der Waals surface area contributed by atoms with E-state index >= 15 is 0 Å². The smallest absolute Gasteiger partial charge is 0.0726 e. The first-order valence-electron chi connectivity index (χ1n) is 25.5. The van der Waals surface area contributed by atoms with Gasteiger partial charge in [-0.05, 0) is 159 Å². The van der Waals surface area contributed by atoms with Crippen molar-refractivity contribution in [1.29, 1.82) is 0 Å². The molecule has 5 aliphatic carbocycles. The average Bonchev–Trinajstić information content (AvgIpc) is 4.17. The van der Waals surface area contributed by atoms with Crippen molar-refractivity contribution in [1.82, 2.24) is 0 Å². The molecular formula is C71H47N. The highest BCUT2D eigenvalue weighted by Gasteiger charge is 2.57. The Kier molecular flexibility index (Phi) is 7.88. The molecule has 1 heteroatoms. The summed E-state index contributed by atoms with van der Waals surface area (Å²) in [5.74, 6) is 0. The number of benzene rings is 11. The van der Waals surface area contributed by atoms with Gasteiger partial charge in [-0.3, -0.25) is 0 Å². The molecule has 0 saturated carbocycles. The Hall–Kier alpha value is -8.78. The third-order valence-electron chi connectivity index (χ3n) is 17.5. The van der Waals surface area contributed by atoms with E-state index in [0.29, 0.717) is 0 Å². The lowest BCUT2D eigenvalue weighted by atomic mass is 9.66. The minimum atomic E-state index is -0.635. The van der Waals surface area contributed by atoms with E-state index in [0.717, 1.165) is 17.1 Å². The lowest BCUT2D eigenvalue weighted by Crippen LogP contribution is -2.29. The summed E-state index contributed by atoms with van der Waals surface area (Å²) in [5.41, 5.74) is 31.3. The molecule has 0 aromatic heterocycles. The van der Waals surface area contributed by atoms with Gasteiger partial charge in [0.2, 0.25) is 0 Å². The van der Waals surface area contributed by atoms with E-state index in [1.807, 2.05) is 0 Å². The van der Waals surface area contributed by atoms with Gasteiger partial charge in [-0.2, -0.15) is 0 Å². The maximum atomic E-state index is 2.70. The zero-order valence-electron chi connectivity index (χ0n) is 40.1. The van der Waals surface area contributed by atoms with Gasteiger partial charge in [-0.1, -0.05) is 226 Å². The first-order chi connectivity index (χ1) is 35.5. The van der Waals surface area contributed by atoms with Crippen LogP contribution in [0.4, 0.5) is 17.1 Å². The molecule has 0 amide bonds. The van der Waals surface area contributed by atoms with Crippen LogP contribution in [0.25, 0.3) is 66.8 Å². The summed E-state index contributed by atoms with van der Waals surface area (Å²) in [6.07, 6.45) is 0. The van der Waals surface area contributed by atoms with Gasteiger partial charge in [-0.15, -0.1) is 0 Å². The summed E-state index contributed by atoms with van der Waals surface area (Å²) in [6, 6.07) is 94.9. The van der Waals surface area contributed by atoms with Crippen molar-refractivity contribution < 1.29 is 0 Å². The molecule has 11 aromatic carbocycles. The van der Waals surface area contributed by atoms with E-state index in [1.165, 1.54) is 122 Å². The average molecular weight is 914 g/mol.